The molecule has 3 heteroatoms. The Labute approximate surface area is 79.9 Å². The van der Waals surface area contributed by atoms with E-state index >= 15 is 0 Å². The van der Waals surface area contributed by atoms with Crippen LogP contribution in [0.15, 0.2) is 0 Å². The molecular weight excluding hydrogens is 164 g/mol. The highest BCUT2D eigenvalue weighted by molar-refractivity contribution is 5.01. The summed E-state index contributed by atoms with van der Waals surface area (Å²) in [6, 6.07) is 0. The summed E-state index contributed by atoms with van der Waals surface area (Å²) in [4.78, 5) is 2.42. The van der Waals surface area contributed by atoms with E-state index in [1.165, 1.54) is 25.8 Å². The Kier molecular flexibility index (Phi) is 2.58. The molecule has 3 N–H and O–H groups in total. The first-order chi connectivity index (χ1) is 6.30. The fourth-order valence-electron chi connectivity index (χ4n) is 2.95. The molecule has 0 aromatic carbocycles. The van der Waals surface area contributed by atoms with Gasteiger partial charge in [0, 0.05) is 38.7 Å². The molecule has 2 aliphatic rings. The summed E-state index contributed by atoms with van der Waals surface area (Å²) in [6.45, 7) is 4.34. The van der Waals surface area contributed by atoms with E-state index in [-0.39, 0.29) is 0 Å². The average Bonchev–Trinajstić information content (AvgIpc) is 2.43. The Bertz CT molecular complexity index is 180. The van der Waals surface area contributed by atoms with Gasteiger partial charge in [0.2, 0.25) is 0 Å². The number of aliphatic hydroxyl groups is 1. The SMILES string of the molecule is NCCN1C[C@@H](CO)C2(CCC2)C1. The molecule has 1 saturated carbocycles. The third-order valence-electron chi connectivity index (χ3n) is 3.90. The zero-order valence-electron chi connectivity index (χ0n) is 8.21. The van der Waals surface area contributed by atoms with Crippen LogP contribution in [0.25, 0.3) is 0 Å². The van der Waals surface area contributed by atoms with Gasteiger partial charge < -0.3 is 15.7 Å². The molecule has 0 radical (unpaired) electrons. The second-order valence-electron chi connectivity index (χ2n) is 4.62. The van der Waals surface area contributed by atoms with Gasteiger partial charge >= 0.3 is 0 Å². The molecule has 3 nitrogen and oxygen atoms in total. The summed E-state index contributed by atoms with van der Waals surface area (Å²) in [6.07, 6.45) is 3.99. The third kappa shape index (κ3) is 1.49. The van der Waals surface area contributed by atoms with Crippen LogP contribution in [0.4, 0.5) is 0 Å². The number of likely N-dealkylation sites (tertiary alicyclic amines) is 1. The van der Waals surface area contributed by atoms with Crippen molar-refractivity contribution in [3.05, 3.63) is 0 Å². The fourth-order valence-corrected chi connectivity index (χ4v) is 2.95. The lowest BCUT2D eigenvalue weighted by atomic mass is 9.63. The van der Waals surface area contributed by atoms with E-state index in [0.29, 0.717) is 17.9 Å². The maximum atomic E-state index is 9.29. The van der Waals surface area contributed by atoms with Crippen molar-refractivity contribution in [3.63, 3.8) is 0 Å². The zero-order chi connectivity index (χ0) is 9.31. The number of nitrogens with zero attached hydrogens (tertiary/aromatic N) is 1. The number of hydrogen-bond donors (Lipinski definition) is 2. The van der Waals surface area contributed by atoms with E-state index in [4.69, 9.17) is 5.73 Å². The predicted octanol–water partition coefficient (Wildman–Crippen LogP) is 0.0395. The maximum Gasteiger partial charge on any atom is 0.0477 e. The van der Waals surface area contributed by atoms with Gasteiger partial charge in [0.05, 0.1) is 0 Å². The topological polar surface area (TPSA) is 49.5 Å². The van der Waals surface area contributed by atoms with Gasteiger partial charge in [0.25, 0.3) is 0 Å². The predicted molar refractivity (Wildman–Crippen MR) is 52.4 cm³/mol. The first kappa shape index (κ1) is 9.44. The third-order valence-corrected chi connectivity index (χ3v) is 3.90. The molecule has 1 atom stereocenters. The van der Waals surface area contributed by atoms with Crippen molar-refractivity contribution in [2.24, 2.45) is 17.1 Å². The first-order valence-electron chi connectivity index (χ1n) is 5.34. The molecule has 1 aliphatic heterocycles. The molecule has 0 unspecified atom stereocenters. The lowest BCUT2D eigenvalue weighted by Crippen LogP contribution is -2.39. The molecule has 1 saturated heterocycles. The zero-order valence-corrected chi connectivity index (χ0v) is 8.21. The van der Waals surface area contributed by atoms with Gasteiger partial charge in [0.1, 0.15) is 0 Å². The van der Waals surface area contributed by atoms with E-state index in [1.807, 2.05) is 0 Å². The number of nitrogens with two attached hydrogens (primary N) is 1. The van der Waals surface area contributed by atoms with E-state index in [1.54, 1.807) is 0 Å². The highest BCUT2D eigenvalue weighted by atomic mass is 16.3. The van der Waals surface area contributed by atoms with Gasteiger partial charge in [-0.3, -0.25) is 0 Å². The first-order valence-corrected chi connectivity index (χ1v) is 5.34. The standard InChI is InChI=1S/C10H20N2O/c11-4-5-12-6-9(7-13)10(8-12)2-1-3-10/h9,13H,1-8,11H2/t9-/m0/s1. The van der Waals surface area contributed by atoms with Gasteiger partial charge in [-0.05, 0) is 18.3 Å². The lowest BCUT2D eigenvalue weighted by Gasteiger charge is -2.42. The minimum absolute atomic E-state index is 0.362. The van der Waals surface area contributed by atoms with E-state index in [2.05, 4.69) is 4.90 Å². The number of hydrogen-bond acceptors (Lipinski definition) is 3. The number of aliphatic hydroxyl groups excluding tert-OH is 1. The molecule has 76 valence electrons. The van der Waals surface area contributed by atoms with Crippen LogP contribution >= 0.6 is 0 Å². The molecule has 1 heterocycles. The van der Waals surface area contributed by atoms with Crippen molar-refractivity contribution < 1.29 is 5.11 Å². The quantitative estimate of drug-likeness (QED) is 0.651. The molecule has 1 aliphatic carbocycles. The van der Waals surface area contributed by atoms with Crippen molar-refractivity contribution in [1.82, 2.24) is 4.90 Å². The molecule has 13 heavy (non-hydrogen) atoms. The minimum atomic E-state index is 0.362. The molecule has 0 aromatic rings. The number of rotatable bonds is 3. The summed E-state index contributed by atoms with van der Waals surface area (Å²) in [7, 11) is 0. The van der Waals surface area contributed by atoms with Crippen LogP contribution < -0.4 is 5.73 Å². The summed E-state index contributed by atoms with van der Waals surface area (Å²) in [5, 5.41) is 9.29. The Morgan fingerprint density at radius 1 is 1.46 bits per heavy atom. The highest BCUT2D eigenvalue weighted by Gasteiger charge is 2.49. The molecule has 2 rings (SSSR count). The summed E-state index contributed by atoms with van der Waals surface area (Å²) in [5.74, 6) is 0.521. The molecule has 1 spiro atoms. The van der Waals surface area contributed by atoms with Crippen LogP contribution in [-0.4, -0.2) is 42.8 Å². The summed E-state index contributed by atoms with van der Waals surface area (Å²) >= 11 is 0. The Hall–Kier alpha value is -0.120. The van der Waals surface area contributed by atoms with E-state index < -0.39 is 0 Å². The largest absolute Gasteiger partial charge is 0.396 e. The van der Waals surface area contributed by atoms with Crippen molar-refractivity contribution in [1.29, 1.82) is 0 Å². The maximum absolute atomic E-state index is 9.29. The van der Waals surface area contributed by atoms with Crippen LogP contribution in [0.3, 0.4) is 0 Å². The van der Waals surface area contributed by atoms with Gasteiger partial charge in [-0.1, -0.05) is 6.42 Å². The van der Waals surface area contributed by atoms with Crippen molar-refractivity contribution in [2.75, 3.05) is 32.8 Å². The molecule has 0 aromatic heterocycles. The van der Waals surface area contributed by atoms with Crippen LogP contribution in [0.5, 0.6) is 0 Å². The monoisotopic (exact) mass is 184 g/mol. The van der Waals surface area contributed by atoms with Crippen molar-refractivity contribution in [3.8, 4) is 0 Å². The summed E-state index contributed by atoms with van der Waals surface area (Å²) in [5.41, 5.74) is 6.02. The Morgan fingerprint density at radius 2 is 2.23 bits per heavy atom. The average molecular weight is 184 g/mol. The normalized spacial score (nSPS) is 32.3. The molecule has 0 amide bonds. The van der Waals surface area contributed by atoms with Crippen LogP contribution in [0.2, 0.25) is 0 Å². The molecule has 0 bridgehead atoms. The smallest absolute Gasteiger partial charge is 0.0477 e. The lowest BCUT2D eigenvalue weighted by molar-refractivity contribution is 0.0543. The molecular formula is C10H20N2O. The second kappa shape index (κ2) is 3.56. The minimum Gasteiger partial charge on any atom is -0.396 e. The Morgan fingerprint density at radius 3 is 2.62 bits per heavy atom. The highest BCUT2D eigenvalue weighted by Crippen LogP contribution is 2.51. The Balaban J connectivity index is 1.96. The van der Waals surface area contributed by atoms with Crippen molar-refractivity contribution >= 4 is 0 Å². The van der Waals surface area contributed by atoms with Crippen molar-refractivity contribution in [2.45, 2.75) is 19.3 Å². The summed E-state index contributed by atoms with van der Waals surface area (Å²) < 4.78 is 0. The van der Waals surface area contributed by atoms with Gasteiger partial charge in [-0.15, -0.1) is 0 Å². The van der Waals surface area contributed by atoms with Gasteiger partial charge in [0.15, 0.2) is 0 Å². The van der Waals surface area contributed by atoms with E-state index in [0.717, 1.165) is 19.6 Å². The van der Waals surface area contributed by atoms with Gasteiger partial charge in [-0.25, -0.2) is 0 Å². The second-order valence-corrected chi connectivity index (χ2v) is 4.62. The molecule has 2 fully saturated rings. The fraction of sp³-hybridized carbons (Fsp3) is 1.00. The van der Waals surface area contributed by atoms with Crippen LogP contribution in [0, 0.1) is 11.3 Å². The van der Waals surface area contributed by atoms with E-state index in [9.17, 15) is 5.11 Å². The van der Waals surface area contributed by atoms with Crippen LogP contribution in [0.1, 0.15) is 19.3 Å². The van der Waals surface area contributed by atoms with Crippen LogP contribution in [-0.2, 0) is 0 Å². The van der Waals surface area contributed by atoms with Gasteiger partial charge in [-0.2, -0.15) is 0 Å².